The maximum Gasteiger partial charge on any atom is 0.153 e. The first kappa shape index (κ1) is 12.7. The number of thiazole rings is 1. The molecule has 2 aromatic rings. The molecule has 0 amide bonds. The van der Waals surface area contributed by atoms with E-state index in [1.165, 1.54) is 16.4 Å². The molecule has 4 nitrogen and oxygen atoms in total. The van der Waals surface area contributed by atoms with Crippen molar-refractivity contribution >= 4 is 45.5 Å². The Balaban J connectivity index is 2.20. The van der Waals surface area contributed by atoms with Crippen molar-refractivity contribution in [3.05, 3.63) is 16.1 Å². The molecule has 7 heteroatoms. The van der Waals surface area contributed by atoms with E-state index in [2.05, 4.69) is 21.3 Å². The molecule has 2 rings (SSSR count). The third kappa shape index (κ3) is 2.56. The highest BCUT2D eigenvalue weighted by molar-refractivity contribution is 7.99. The summed E-state index contributed by atoms with van der Waals surface area (Å²) in [5.74, 6) is 0.630. The van der Waals surface area contributed by atoms with Gasteiger partial charge in [-0.25, -0.2) is 4.98 Å². The molecule has 0 saturated carbocycles. The number of nitrogens with two attached hydrogens (primary N) is 1. The minimum absolute atomic E-state index is 0.630. The van der Waals surface area contributed by atoms with Crippen LogP contribution < -0.4 is 10.6 Å². The molecule has 0 aliphatic carbocycles. The Kier molecular flexibility index (Phi) is 3.90. The summed E-state index contributed by atoms with van der Waals surface area (Å²) < 4.78 is 4.20. The number of aryl methyl sites for hydroxylation is 1. The lowest BCUT2D eigenvalue weighted by Crippen LogP contribution is -2.15. The Bertz CT molecular complexity index is 505. The second kappa shape index (κ2) is 5.24. The number of nitrogen functional groups attached to an aromatic ring is 1. The highest BCUT2D eigenvalue weighted by atomic mass is 32.2. The first-order valence-corrected chi connectivity index (χ1v) is 7.90. The molecular weight excluding hydrogens is 272 g/mol. The highest BCUT2D eigenvalue weighted by Crippen LogP contribution is 2.37. The van der Waals surface area contributed by atoms with Crippen LogP contribution in [0.4, 0.5) is 10.8 Å². The normalized spacial score (nSPS) is 10.8. The van der Waals surface area contributed by atoms with Crippen molar-refractivity contribution in [1.82, 2.24) is 9.36 Å². The zero-order chi connectivity index (χ0) is 12.4. The number of aromatic nitrogens is 2. The summed E-state index contributed by atoms with van der Waals surface area (Å²) in [5.41, 5.74) is 8.82. The zero-order valence-electron chi connectivity index (χ0n) is 9.93. The fourth-order valence-electron chi connectivity index (χ4n) is 1.48. The van der Waals surface area contributed by atoms with E-state index in [1.54, 1.807) is 23.1 Å². The van der Waals surface area contributed by atoms with Crippen LogP contribution in [0.1, 0.15) is 10.6 Å². The average molecular weight is 286 g/mol. The number of nitrogens with zero attached hydrogens (tertiary/aromatic N) is 3. The fraction of sp³-hybridized carbons (Fsp3) is 0.400. The lowest BCUT2D eigenvalue weighted by atomic mass is 10.4. The maximum absolute atomic E-state index is 5.84. The van der Waals surface area contributed by atoms with Gasteiger partial charge in [-0.15, -0.1) is 23.1 Å². The Morgan fingerprint density at radius 2 is 2.29 bits per heavy atom. The van der Waals surface area contributed by atoms with Gasteiger partial charge in [0.25, 0.3) is 0 Å². The predicted molar refractivity (Wildman–Crippen MR) is 77.3 cm³/mol. The van der Waals surface area contributed by atoms with Crippen LogP contribution in [0.25, 0.3) is 0 Å². The third-order valence-electron chi connectivity index (χ3n) is 2.43. The van der Waals surface area contributed by atoms with E-state index in [9.17, 15) is 0 Å². The molecule has 0 saturated heterocycles. The molecule has 0 aromatic carbocycles. The van der Waals surface area contributed by atoms with Crippen LogP contribution in [0.2, 0.25) is 0 Å². The second-order valence-corrected chi connectivity index (χ2v) is 6.13. The smallest absolute Gasteiger partial charge is 0.153 e. The minimum atomic E-state index is 0.630. The van der Waals surface area contributed by atoms with E-state index in [0.29, 0.717) is 5.82 Å². The summed E-state index contributed by atoms with van der Waals surface area (Å²) in [7, 11) is 2.06. The van der Waals surface area contributed by atoms with Crippen molar-refractivity contribution in [3.8, 4) is 0 Å². The summed E-state index contributed by atoms with van der Waals surface area (Å²) in [4.78, 5) is 8.79. The van der Waals surface area contributed by atoms with E-state index in [4.69, 9.17) is 5.73 Å². The van der Waals surface area contributed by atoms with Crippen molar-refractivity contribution < 1.29 is 0 Å². The van der Waals surface area contributed by atoms with Crippen molar-refractivity contribution in [2.45, 2.75) is 18.4 Å². The molecule has 0 atom stereocenters. The Morgan fingerprint density at radius 3 is 2.88 bits per heavy atom. The number of hydrogen-bond acceptors (Lipinski definition) is 7. The standard InChI is InChI=1S/C10H14N4S3/c1-6-7(16-5-12-6)4-14(2)10-8(15-3)9(11)13-17-10/h5H,4H2,1-3H3,(H2,11,13). The van der Waals surface area contributed by atoms with Crippen LogP contribution in [0.15, 0.2) is 10.4 Å². The number of thioether (sulfide) groups is 1. The lowest BCUT2D eigenvalue weighted by molar-refractivity contribution is 0.927. The summed E-state index contributed by atoms with van der Waals surface area (Å²) in [6.07, 6.45) is 2.02. The molecule has 0 unspecified atom stereocenters. The van der Waals surface area contributed by atoms with Gasteiger partial charge in [0.2, 0.25) is 0 Å². The average Bonchev–Trinajstić information content (AvgIpc) is 2.86. The van der Waals surface area contributed by atoms with Gasteiger partial charge in [0.05, 0.1) is 22.6 Å². The van der Waals surface area contributed by atoms with Gasteiger partial charge in [-0.2, -0.15) is 4.37 Å². The van der Waals surface area contributed by atoms with Crippen molar-refractivity contribution in [1.29, 1.82) is 0 Å². The van der Waals surface area contributed by atoms with Crippen LogP contribution in [0.5, 0.6) is 0 Å². The largest absolute Gasteiger partial charge is 0.382 e. The fourth-order valence-corrected chi connectivity index (χ4v) is 3.99. The van der Waals surface area contributed by atoms with Crippen molar-refractivity contribution in [2.75, 3.05) is 23.9 Å². The van der Waals surface area contributed by atoms with E-state index in [0.717, 1.165) is 22.1 Å². The van der Waals surface area contributed by atoms with Gasteiger partial charge < -0.3 is 10.6 Å². The van der Waals surface area contributed by atoms with Gasteiger partial charge in [-0.1, -0.05) is 0 Å². The molecule has 92 valence electrons. The Labute approximate surface area is 113 Å². The molecule has 0 bridgehead atoms. The van der Waals surface area contributed by atoms with Gasteiger partial charge in [0.15, 0.2) is 5.82 Å². The van der Waals surface area contributed by atoms with Gasteiger partial charge in [-0.05, 0) is 24.7 Å². The quantitative estimate of drug-likeness (QED) is 0.876. The van der Waals surface area contributed by atoms with Crippen LogP contribution in [0.3, 0.4) is 0 Å². The van der Waals surface area contributed by atoms with Gasteiger partial charge in [0, 0.05) is 11.9 Å². The maximum atomic E-state index is 5.84. The molecule has 2 N–H and O–H groups in total. The molecule has 17 heavy (non-hydrogen) atoms. The summed E-state index contributed by atoms with van der Waals surface area (Å²) in [6, 6.07) is 0. The van der Waals surface area contributed by atoms with E-state index < -0.39 is 0 Å². The minimum Gasteiger partial charge on any atom is -0.382 e. The first-order chi connectivity index (χ1) is 8.13. The van der Waals surface area contributed by atoms with E-state index in [1.807, 2.05) is 18.7 Å². The van der Waals surface area contributed by atoms with Crippen LogP contribution >= 0.6 is 34.6 Å². The first-order valence-electron chi connectivity index (χ1n) is 5.02. The number of rotatable bonds is 4. The number of hydrogen-bond donors (Lipinski definition) is 1. The van der Waals surface area contributed by atoms with Crippen LogP contribution in [0, 0.1) is 6.92 Å². The van der Waals surface area contributed by atoms with Gasteiger partial charge in [0.1, 0.15) is 5.00 Å². The second-order valence-electron chi connectivity index (χ2n) is 3.62. The topological polar surface area (TPSA) is 55.0 Å². The Hall–Kier alpha value is -0.790. The zero-order valence-corrected chi connectivity index (χ0v) is 12.4. The summed E-state index contributed by atoms with van der Waals surface area (Å²) in [5, 5.41) is 1.13. The molecular formula is C10H14N4S3. The van der Waals surface area contributed by atoms with E-state index >= 15 is 0 Å². The van der Waals surface area contributed by atoms with Crippen LogP contribution in [-0.2, 0) is 6.54 Å². The summed E-state index contributed by atoms with van der Waals surface area (Å²) >= 11 is 4.78. The predicted octanol–water partition coefficient (Wildman–Crippen LogP) is 2.85. The molecule has 0 fully saturated rings. The monoisotopic (exact) mass is 286 g/mol. The van der Waals surface area contributed by atoms with Crippen LogP contribution in [-0.4, -0.2) is 22.7 Å². The SMILES string of the molecule is CSc1c(N)nsc1N(C)Cc1scnc1C. The van der Waals surface area contributed by atoms with Crippen molar-refractivity contribution in [2.24, 2.45) is 0 Å². The Morgan fingerprint density at radius 1 is 1.53 bits per heavy atom. The highest BCUT2D eigenvalue weighted by Gasteiger charge is 2.15. The molecule has 0 radical (unpaired) electrons. The summed E-state index contributed by atoms with van der Waals surface area (Å²) in [6.45, 7) is 2.89. The van der Waals surface area contributed by atoms with E-state index in [-0.39, 0.29) is 0 Å². The molecule has 0 aliphatic heterocycles. The third-order valence-corrected chi connectivity index (χ3v) is 5.27. The molecule has 2 aromatic heterocycles. The molecule has 2 heterocycles. The van der Waals surface area contributed by atoms with Crippen molar-refractivity contribution in [3.63, 3.8) is 0 Å². The molecule has 0 spiro atoms. The number of anilines is 2. The van der Waals surface area contributed by atoms with Gasteiger partial charge in [-0.3, -0.25) is 0 Å². The molecule has 0 aliphatic rings. The van der Waals surface area contributed by atoms with Gasteiger partial charge >= 0.3 is 0 Å². The lowest BCUT2D eigenvalue weighted by Gasteiger charge is -2.17.